The van der Waals surface area contributed by atoms with Crippen LogP contribution in [0.5, 0.6) is 5.75 Å². The van der Waals surface area contributed by atoms with Crippen LogP contribution in [0.25, 0.3) is 0 Å². The van der Waals surface area contributed by atoms with Crippen molar-refractivity contribution < 1.29 is 17.9 Å². The predicted molar refractivity (Wildman–Crippen MR) is 119 cm³/mol. The average molecular weight is 472 g/mol. The molecule has 1 N–H and O–H groups in total. The molecule has 7 nitrogen and oxygen atoms in total. The monoisotopic (exact) mass is 471 g/mol. The fourth-order valence-electron chi connectivity index (χ4n) is 3.33. The largest absolute Gasteiger partial charge is 0.497 e. The van der Waals surface area contributed by atoms with Gasteiger partial charge in [0.2, 0.25) is 5.91 Å². The Morgan fingerprint density at radius 3 is 2.40 bits per heavy atom. The van der Waals surface area contributed by atoms with Crippen molar-refractivity contribution in [2.45, 2.75) is 23.6 Å². The number of carbonyl (C=O) groups is 1. The number of benzene rings is 1. The molecule has 30 heavy (non-hydrogen) atoms. The summed E-state index contributed by atoms with van der Waals surface area (Å²) in [5.74, 6) is 0.754. The van der Waals surface area contributed by atoms with Crippen LogP contribution in [0.2, 0.25) is 4.34 Å². The third kappa shape index (κ3) is 5.53. The lowest BCUT2D eigenvalue weighted by Gasteiger charge is -2.36. The van der Waals surface area contributed by atoms with E-state index in [-0.39, 0.29) is 16.2 Å². The summed E-state index contributed by atoms with van der Waals surface area (Å²) in [5, 5.41) is 2.97. The Kier molecular flexibility index (Phi) is 7.75. The lowest BCUT2D eigenvalue weighted by atomic mass is 10.1. The first-order valence-electron chi connectivity index (χ1n) is 9.71. The quantitative estimate of drug-likeness (QED) is 0.639. The standard InChI is InChI=1S/C20H26ClN3O4S2/c1-15(20(25)22-10-9-16-3-5-17(28-2)6-4-16)23-11-13-24(14-12-23)30(26,27)19-8-7-18(21)29-19/h3-8,15H,9-14H2,1-2H3,(H,22,25)/t15-/m1/s1. The number of rotatable bonds is 8. The molecule has 1 amide bonds. The molecular formula is C20H26ClN3O4S2. The topological polar surface area (TPSA) is 79.0 Å². The van der Waals surface area contributed by atoms with Crippen molar-refractivity contribution in [1.29, 1.82) is 0 Å². The van der Waals surface area contributed by atoms with E-state index in [9.17, 15) is 13.2 Å². The van der Waals surface area contributed by atoms with Crippen molar-refractivity contribution in [3.05, 3.63) is 46.3 Å². The Bertz CT molecular complexity index is 955. The van der Waals surface area contributed by atoms with Crippen LogP contribution < -0.4 is 10.1 Å². The number of thiophene rings is 1. The van der Waals surface area contributed by atoms with Gasteiger partial charge in [-0.2, -0.15) is 4.31 Å². The van der Waals surface area contributed by atoms with Gasteiger partial charge < -0.3 is 10.1 Å². The Hall–Kier alpha value is -1.65. The van der Waals surface area contributed by atoms with Crippen LogP contribution in [-0.2, 0) is 21.2 Å². The van der Waals surface area contributed by atoms with E-state index < -0.39 is 10.0 Å². The maximum atomic E-state index is 12.7. The Morgan fingerprint density at radius 2 is 1.83 bits per heavy atom. The summed E-state index contributed by atoms with van der Waals surface area (Å²) >= 11 is 6.94. The Morgan fingerprint density at radius 1 is 1.17 bits per heavy atom. The lowest BCUT2D eigenvalue weighted by Crippen LogP contribution is -2.54. The number of nitrogens with zero attached hydrogens (tertiary/aromatic N) is 2. The molecule has 1 fully saturated rings. The van der Waals surface area contributed by atoms with E-state index in [2.05, 4.69) is 5.32 Å². The molecule has 0 aliphatic carbocycles. The minimum absolute atomic E-state index is 0.0511. The second-order valence-corrected chi connectivity index (χ2v) is 10.9. The summed E-state index contributed by atoms with van der Waals surface area (Å²) in [5.41, 5.74) is 1.12. The van der Waals surface area contributed by atoms with Crippen molar-refractivity contribution in [3.63, 3.8) is 0 Å². The van der Waals surface area contributed by atoms with Crippen molar-refractivity contribution >= 4 is 38.9 Å². The summed E-state index contributed by atoms with van der Waals surface area (Å²) in [6.45, 7) is 4.11. The molecule has 3 rings (SSSR count). The van der Waals surface area contributed by atoms with Gasteiger partial charge >= 0.3 is 0 Å². The SMILES string of the molecule is COc1ccc(CCNC(=O)[C@@H](C)N2CCN(S(=O)(=O)c3ccc(Cl)s3)CC2)cc1. The van der Waals surface area contributed by atoms with Crippen molar-refractivity contribution in [1.82, 2.24) is 14.5 Å². The molecule has 0 spiro atoms. The van der Waals surface area contributed by atoms with Crippen LogP contribution in [0.15, 0.2) is 40.6 Å². The third-order valence-electron chi connectivity index (χ3n) is 5.22. The number of piperazine rings is 1. The molecule has 1 aromatic carbocycles. The molecular weight excluding hydrogens is 446 g/mol. The second kappa shape index (κ2) is 10.1. The van der Waals surface area contributed by atoms with Gasteiger partial charge in [-0.05, 0) is 43.2 Å². The smallest absolute Gasteiger partial charge is 0.252 e. The number of hydrogen-bond acceptors (Lipinski definition) is 6. The van der Waals surface area contributed by atoms with Crippen molar-refractivity contribution in [3.8, 4) is 5.75 Å². The van der Waals surface area contributed by atoms with Gasteiger partial charge in [0.15, 0.2) is 0 Å². The Balaban J connectivity index is 1.46. The minimum atomic E-state index is -3.53. The number of nitrogens with one attached hydrogen (secondary N) is 1. The van der Waals surface area contributed by atoms with E-state index in [1.807, 2.05) is 36.1 Å². The Labute approximate surface area is 186 Å². The number of halogens is 1. The fraction of sp³-hybridized carbons (Fsp3) is 0.450. The fourth-order valence-corrected chi connectivity index (χ4v) is 6.39. The molecule has 0 saturated carbocycles. The molecule has 1 aliphatic heterocycles. The highest BCUT2D eigenvalue weighted by Gasteiger charge is 2.32. The van der Waals surface area contributed by atoms with Crippen LogP contribution in [0.3, 0.4) is 0 Å². The average Bonchev–Trinajstić information content (AvgIpc) is 3.21. The van der Waals surface area contributed by atoms with E-state index in [0.717, 1.165) is 29.1 Å². The van der Waals surface area contributed by atoms with Crippen molar-refractivity contribution in [2.24, 2.45) is 0 Å². The van der Waals surface area contributed by atoms with Gasteiger partial charge in [0.05, 0.1) is 17.5 Å². The molecule has 0 bridgehead atoms. The highest BCUT2D eigenvalue weighted by molar-refractivity contribution is 7.91. The van der Waals surface area contributed by atoms with Gasteiger partial charge in [-0.15, -0.1) is 11.3 Å². The zero-order valence-electron chi connectivity index (χ0n) is 17.0. The normalized spacial score (nSPS) is 16.9. The number of carbonyl (C=O) groups excluding carboxylic acids is 1. The molecule has 10 heteroatoms. The first-order valence-corrected chi connectivity index (χ1v) is 12.3. The van der Waals surface area contributed by atoms with Crippen LogP contribution in [0.1, 0.15) is 12.5 Å². The summed E-state index contributed by atoms with van der Waals surface area (Å²) < 4.78 is 32.7. The highest BCUT2D eigenvalue weighted by Crippen LogP contribution is 2.28. The molecule has 1 saturated heterocycles. The van der Waals surface area contributed by atoms with Crippen LogP contribution in [-0.4, -0.2) is 69.4 Å². The molecule has 1 aromatic heterocycles. The van der Waals surface area contributed by atoms with E-state index in [1.165, 1.54) is 10.4 Å². The van der Waals surface area contributed by atoms with E-state index in [1.54, 1.807) is 13.2 Å². The molecule has 164 valence electrons. The first-order chi connectivity index (χ1) is 14.3. The predicted octanol–water partition coefficient (Wildman–Crippen LogP) is 2.46. The van der Waals surface area contributed by atoms with E-state index in [0.29, 0.717) is 37.1 Å². The highest BCUT2D eigenvalue weighted by atomic mass is 35.5. The lowest BCUT2D eigenvalue weighted by molar-refractivity contribution is -0.126. The zero-order valence-corrected chi connectivity index (χ0v) is 19.4. The number of amides is 1. The van der Waals surface area contributed by atoms with Crippen LogP contribution >= 0.6 is 22.9 Å². The summed E-state index contributed by atoms with van der Waals surface area (Å²) in [6.07, 6.45) is 0.734. The summed E-state index contributed by atoms with van der Waals surface area (Å²) in [7, 11) is -1.90. The van der Waals surface area contributed by atoms with Gasteiger partial charge in [-0.25, -0.2) is 8.42 Å². The maximum absolute atomic E-state index is 12.7. The number of hydrogen-bond donors (Lipinski definition) is 1. The van der Waals surface area contributed by atoms with Gasteiger partial charge in [-0.3, -0.25) is 9.69 Å². The minimum Gasteiger partial charge on any atom is -0.497 e. The third-order valence-corrected chi connectivity index (χ3v) is 8.81. The van der Waals surface area contributed by atoms with Gasteiger partial charge in [0.25, 0.3) is 10.0 Å². The van der Waals surface area contributed by atoms with Gasteiger partial charge in [0.1, 0.15) is 9.96 Å². The van der Waals surface area contributed by atoms with Gasteiger partial charge in [0, 0.05) is 32.7 Å². The molecule has 0 radical (unpaired) electrons. The zero-order chi connectivity index (χ0) is 21.7. The van der Waals surface area contributed by atoms with Crippen molar-refractivity contribution in [2.75, 3.05) is 39.8 Å². The molecule has 1 aliphatic rings. The van der Waals surface area contributed by atoms with E-state index >= 15 is 0 Å². The first kappa shape index (κ1) is 23.0. The summed E-state index contributed by atoms with van der Waals surface area (Å²) in [6, 6.07) is 10.6. The molecule has 1 atom stereocenters. The summed E-state index contributed by atoms with van der Waals surface area (Å²) in [4.78, 5) is 14.5. The number of sulfonamides is 1. The number of ether oxygens (including phenoxy) is 1. The van der Waals surface area contributed by atoms with Crippen LogP contribution in [0, 0.1) is 0 Å². The van der Waals surface area contributed by atoms with Gasteiger partial charge in [-0.1, -0.05) is 23.7 Å². The van der Waals surface area contributed by atoms with E-state index in [4.69, 9.17) is 16.3 Å². The molecule has 2 heterocycles. The van der Waals surface area contributed by atoms with Crippen LogP contribution in [0.4, 0.5) is 0 Å². The maximum Gasteiger partial charge on any atom is 0.252 e. The number of methoxy groups -OCH3 is 1. The molecule has 0 unspecified atom stereocenters. The molecule has 2 aromatic rings. The second-order valence-electron chi connectivity index (χ2n) is 7.06.